The molecule has 0 spiro atoms. The predicted molar refractivity (Wildman–Crippen MR) is 67.1 cm³/mol. The van der Waals surface area contributed by atoms with Crippen LogP contribution in [0.1, 0.15) is 18.1 Å². The SMILES string of the molecule is C/C=C/C(=O)Nc1c(C)cc(C)cc1Br. The van der Waals surface area contributed by atoms with Crippen molar-refractivity contribution >= 4 is 27.5 Å². The first-order valence-electron chi connectivity index (χ1n) is 4.75. The Kier molecular flexibility index (Phi) is 4.09. The molecule has 1 N–H and O–H groups in total. The summed E-state index contributed by atoms with van der Waals surface area (Å²) in [5.41, 5.74) is 3.06. The highest BCUT2D eigenvalue weighted by Gasteiger charge is 2.06. The van der Waals surface area contributed by atoms with Crippen molar-refractivity contribution < 1.29 is 4.79 Å². The van der Waals surface area contributed by atoms with Gasteiger partial charge in [0.2, 0.25) is 5.91 Å². The lowest BCUT2D eigenvalue weighted by atomic mass is 10.1. The Labute approximate surface area is 98.5 Å². The van der Waals surface area contributed by atoms with Gasteiger partial charge in [-0.3, -0.25) is 4.79 Å². The van der Waals surface area contributed by atoms with Gasteiger partial charge < -0.3 is 5.32 Å². The fraction of sp³-hybridized carbons (Fsp3) is 0.250. The van der Waals surface area contributed by atoms with Crippen LogP contribution in [-0.4, -0.2) is 5.91 Å². The van der Waals surface area contributed by atoms with Crippen LogP contribution in [0.2, 0.25) is 0 Å². The number of amides is 1. The molecule has 1 aromatic carbocycles. The molecule has 0 heterocycles. The van der Waals surface area contributed by atoms with E-state index in [-0.39, 0.29) is 5.91 Å². The molecule has 15 heavy (non-hydrogen) atoms. The number of rotatable bonds is 2. The van der Waals surface area contributed by atoms with Crippen LogP contribution in [0.5, 0.6) is 0 Å². The third-order valence-electron chi connectivity index (χ3n) is 2.00. The van der Waals surface area contributed by atoms with Crippen molar-refractivity contribution in [3.05, 3.63) is 39.9 Å². The van der Waals surface area contributed by atoms with E-state index in [2.05, 4.69) is 21.2 Å². The minimum Gasteiger partial charge on any atom is -0.321 e. The van der Waals surface area contributed by atoms with E-state index in [9.17, 15) is 4.79 Å². The van der Waals surface area contributed by atoms with Crippen LogP contribution in [0.15, 0.2) is 28.8 Å². The standard InChI is InChI=1S/C12H14BrNO/c1-4-5-11(15)14-12-9(3)6-8(2)7-10(12)13/h4-7H,1-3H3,(H,14,15)/b5-4+. The molecule has 0 saturated heterocycles. The van der Waals surface area contributed by atoms with Gasteiger partial charge in [-0.05, 0) is 60.0 Å². The average molecular weight is 268 g/mol. The number of carbonyl (C=O) groups is 1. The Hall–Kier alpha value is -1.09. The molecule has 0 radical (unpaired) electrons. The van der Waals surface area contributed by atoms with Crippen molar-refractivity contribution in [2.75, 3.05) is 5.32 Å². The van der Waals surface area contributed by atoms with E-state index < -0.39 is 0 Å². The molecule has 0 aliphatic rings. The second-order valence-corrected chi connectivity index (χ2v) is 4.28. The minimum atomic E-state index is -0.106. The Morgan fingerprint density at radius 1 is 1.40 bits per heavy atom. The second kappa shape index (κ2) is 5.12. The summed E-state index contributed by atoms with van der Waals surface area (Å²) in [6.45, 7) is 5.81. The Morgan fingerprint density at radius 3 is 2.60 bits per heavy atom. The van der Waals surface area contributed by atoms with Crippen molar-refractivity contribution in [3.8, 4) is 0 Å². The molecular weight excluding hydrogens is 254 g/mol. The number of aryl methyl sites for hydroxylation is 2. The number of carbonyl (C=O) groups excluding carboxylic acids is 1. The average Bonchev–Trinajstić information content (AvgIpc) is 2.11. The topological polar surface area (TPSA) is 29.1 Å². The van der Waals surface area contributed by atoms with Crippen molar-refractivity contribution in [1.29, 1.82) is 0 Å². The molecule has 0 aliphatic heterocycles. The zero-order chi connectivity index (χ0) is 11.4. The summed E-state index contributed by atoms with van der Waals surface area (Å²) in [4.78, 5) is 11.4. The van der Waals surface area contributed by atoms with Crippen LogP contribution in [0.25, 0.3) is 0 Å². The molecule has 0 unspecified atom stereocenters. The summed E-state index contributed by atoms with van der Waals surface area (Å²) < 4.78 is 0.915. The van der Waals surface area contributed by atoms with Gasteiger partial charge in [0, 0.05) is 4.47 Å². The molecule has 0 saturated carbocycles. The highest BCUT2D eigenvalue weighted by molar-refractivity contribution is 9.10. The highest BCUT2D eigenvalue weighted by atomic mass is 79.9. The Bertz CT molecular complexity index is 387. The van der Waals surface area contributed by atoms with Gasteiger partial charge in [-0.1, -0.05) is 12.1 Å². The van der Waals surface area contributed by atoms with Crippen molar-refractivity contribution in [2.45, 2.75) is 20.8 Å². The first-order valence-corrected chi connectivity index (χ1v) is 5.54. The maximum atomic E-state index is 11.4. The zero-order valence-corrected chi connectivity index (χ0v) is 10.7. The first-order chi connectivity index (χ1) is 7.04. The fourth-order valence-corrected chi connectivity index (χ4v) is 2.16. The number of allylic oxidation sites excluding steroid dienone is 1. The number of anilines is 1. The normalized spacial score (nSPS) is 10.7. The molecular formula is C12H14BrNO. The van der Waals surface area contributed by atoms with Crippen LogP contribution in [-0.2, 0) is 4.79 Å². The van der Waals surface area contributed by atoms with Crippen LogP contribution in [0.4, 0.5) is 5.69 Å². The van der Waals surface area contributed by atoms with Crippen LogP contribution in [0, 0.1) is 13.8 Å². The predicted octanol–water partition coefficient (Wildman–Crippen LogP) is 3.58. The fourth-order valence-electron chi connectivity index (χ4n) is 1.39. The van der Waals surface area contributed by atoms with Crippen LogP contribution < -0.4 is 5.32 Å². The summed E-state index contributed by atoms with van der Waals surface area (Å²) in [6.07, 6.45) is 3.22. The van der Waals surface area contributed by atoms with Crippen molar-refractivity contribution in [3.63, 3.8) is 0 Å². The van der Waals surface area contributed by atoms with E-state index in [1.807, 2.05) is 32.9 Å². The molecule has 1 amide bonds. The maximum Gasteiger partial charge on any atom is 0.248 e. The van der Waals surface area contributed by atoms with Gasteiger partial charge >= 0.3 is 0 Å². The molecule has 3 heteroatoms. The third kappa shape index (κ3) is 3.20. The van der Waals surface area contributed by atoms with Gasteiger partial charge in [0.15, 0.2) is 0 Å². The molecule has 0 bridgehead atoms. The van der Waals surface area contributed by atoms with Gasteiger partial charge in [0.25, 0.3) is 0 Å². The summed E-state index contributed by atoms with van der Waals surface area (Å²) in [5.74, 6) is -0.106. The second-order valence-electron chi connectivity index (χ2n) is 3.43. The van der Waals surface area contributed by atoms with Crippen molar-refractivity contribution in [1.82, 2.24) is 0 Å². The largest absolute Gasteiger partial charge is 0.321 e. The summed E-state index contributed by atoms with van der Waals surface area (Å²) in [6, 6.07) is 4.02. The highest BCUT2D eigenvalue weighted by Crippen LogP contribution is 2.27. The molecule has 0 aliphatic carbocycles. The number of hydrogen-bond donors (Lipinski definition) is 1. The van der Waals surface area contributed by atoms with E-state index in [0.29, 0.717) is 0 Å². The van der Waals surface area contributed by atoms with Gasteiger partial charge in [-0.25, -0.2) is 0 Å². The zero-order valence-electron chi connectivity index (χ0n) is 9.10. The lowest BCUT2D eigenvalue weighted by Crippen LogP contribution is -2.09. The number of hydrogen-bond acceptors (Lipinski definition) is 1. The van der Waals surface area contributed by atoms with Gasteiger partial charge in [0.05, 0.1) is 5.69 Å². The number of halogens is 1. The van der Waals surface area contributed by atoms with E-state index in [0.717, 1.165) is 15.7 Å². The molecule has 1 aromatic rings. The Balaban J connectivity index is 3.00. The molecule has 1 rings (SSSR count). The third-order valence-corrected chi connectivity index (χ3v) is 2.62. The van der Waals surface area contributed by atoms with Gasteiger partial charge in [-0.2, -0.15) is 0 Å². The summed E-state index contributed by atoms with van der Waals surface area (Å²) in [7, 11) is 0. The monoisotopic (exact) mass is 267 g/mol. The van der Waals surface area contributed by atoms with Gasteiger partial charge in [-0.15, -0.1) is 0 Å². The lowest BCUT2D eigenvalue weighted by molar-refractivity contribution is -0.111. The molecule has 0 atom stereocenters. The Morgan fingerprint density at radius 2 is 2.07 bits per heavy atom. The maximum absolute atomic E-state index is 11.4. The van der Waals surface area contributed by atoms with E-state index >= 15 is 0 Å². The van der Waals surface area contributed by atoms with E-state index in [4.69, 9.17) is 0 Å². The quantitative estimate of drug-likeness (QED) is 0.816. The minimum absolute atomic E-state index is 0.106. The number of nitrogens with one attached hydrogen (secondary N) is 1. The van der Waals surface area contributed by atoms with Crippen molar-refractivity contribution in [2.24, 2.45) is 0 Å². The molecule has 0 aromatic heterocycles. The van der Waals surface area contributed by atoms with Gasteiger partial charge in [0.1, 0.15) is 0 Å². The smallest absolute Gasteiger partial charge is 0.248 e. The summed E-state index contributed by atoms with van der Waals surface area (Å²) >= 11 is 3.44. The lowest BCUT2D eigenvalue weighted by Gasteiger charge is -2.10. The van der Waals surface area contributed by atoms with Crippen LogP contribution in [0.3, 0.4) is 0 Å². The molecule has 80 valence electrons. The first kappa shape index (κ1) is 12.0. The molecule has 0 fully saturated rings. The molecule has 2 nitrogen and oxygen atoms in total. The number of benzene rings is 1. The summed E-state index contributed by atoms with van der Waals surface area (Å²) in [5, 5.41) is 2.83. The van der Waals surface area contributed by atoms with Crippen LogP contribution >= 0.6 is 15.9 Å². The van der Waals surface area contributed by atoms with E-state index in [1.165, 1.54) is 11.6 Å². The van der Waals surface area contributed by atoms with E-state index in [1.54, 1.807) is 6.08 Å².